The average molecular weight is 603 g/mol. The summed E-state index contributed by atoms with van der Waals surface area (Å²) in [6, 6.07) is 7.66. The minimum Gasteiger partial charge on any atom is -0.441 e. The highest BCUT2D eigenvalue weighted by atomic mass is 35.5. The minimum atomic E-state index is -4.10. The van der Waals surface area contributed by atoms with Crippen molar-refractivity contribution < 1.29 is 31.5 Å². The van der Waals surface area contributed by atoms with Gasteiger partial charge in [0.2, 0.25) is 9.84 Å². The molecule has 1 aromatic heterocycles. The van der Waals surface area contributed by atoms with E-state index in [1.54, 1.807) is 13.8 Å². The molecule has 0 spiro atoms. The first-order valence-corrected chi connectivity index (χ1v) is 15.1. The Hall–Kier alpha value is -3.37. The number of halogens is 3. The standard InChI is InChI=1S/C30H29ClF2N2O5S/c1-16-11-19(17(2)22-7-8-25(32)27(31)28(22)33)12-24(18-5-6-18)23(16)14-21(36)9-10-41(38,39)26-13-20-15-30(3,4)40-29(37)35(20)34-26/h7-13,17-18H,5-6,14-15H2,1-4H3/b10-9+. The van der Waals surface area contributed by atoms with Crippen molar-refractivity contribution in [2.24, 2.45) is 0 Å². The molecule has 1 saturated carbocycles. The van der Waals surface area contributed by atoms with Crippen molar-refractivity contribution in [3.63, 3.8) is 0 Å². The van der Waals surface area contributed by atoms with Crippen LogP contribution in [0.15, 0.2) is 46.8 Å². The number of benzene rings is 2. The van der Waals surface area contributed by atoms with Gasteiger partial charge in [-0.1, -0.05) is 36.7 Å². The van der Waals surface area contributed by atoms with Gasteiger partial charge >= 0.3 is 6.09 Å². The van der Waals surface area contributed by atoms with Crippen LogP contribution in [0.5, 0.6) is 0 Å². The molecule has 2 aromatic carbocycles. The predicted octanol–water partition coefficient (Wildman–Crippen LogP) is 6.57. The normalized spacial score (nSPS) is 17.4. The van der Waals surface area contributed by atoms with E-state index >= 15 is 0 Å². The van der Waals surface area contributed by atoms with E-state index in [1.807, 2.05) is 26.0 Å². The lowest BCUT2D eigenvalue weighted by molar-refractivity contribution is -0.114. The molecule has 0 saturated heterocycles. The first kappa shape index (κ1) is 29.1. The fourth-order valence-electron chi connectivity index (χ4n) is 5.22. The van der Waals surface area contributed by atoms with Crippen molar-refractivity contribution in [1.82, 2.24) is 9.78 Å². The van der Waals surface area contributed by atoms with E-state index in [-0.39, 0.29) is 22.9 Å². The van der Waals surface area contributed by atoms with Gasteiger partial charge in [-0.15, -0.1) is 0 Å². The fourth-order valence-corrected chi connectivity index (χ4v) is 6.35. The molecular weight excluding hydrogens is 574 g/mol. The summed E-state index contributed by atoms with van der Waals surface area (Å²) in [4.78, 5) is 25.2. The second-order valence-corrected chi connectivity index (χ2v) is 13.5. The highest BCUT2D eigenvalue weighted by Crippen LogP contribution is 2.44. The number of aromatic nitrogens is 2. The number of sulfone groups is 1. The van der Waals surface area contributed by atoms with Crippen molar-refractivity contribution in [2.75, 3.05) is 0 Å². The quantitative estimate of drug-likeness (QED) is 0.214. The van der Waals surface area contributed by atoms with Crippen molar-refractivity contribution in [2.45, 2.75) is 75.8 Å². The second kappa shape index (κ2) is 10.5. The lowest BCUT2D eigenvalue weighted by Gasteiger charge is -2.29. The molecule has 2 heterocycles. The third kappa shape index (κ3) is 5.85. The SMILES string of the molecule is Cc1cc(C(C)c2ccc(F)c(Cl)c2F)cc(C2CC2)c1CC(=O)/C=C/S(=O)(=O)c1cc2n(n1)C(=O)OC(C)(C)C2. The van der Waals surface area contributed by atoms with Gasteiger partial charge < -0.3 is 4.74 Å². The third-order valence-electron chi connectivity index (χ3n) is 7.56. The Bertz CT molecular complexity index is 1720. The molecule has 11 heteroatoms. The summed E-state index contributed by atoms with van der Waals surface area (Å²) in [5.41, 5.74) is 3.29. The zero-order valence-electron chi connectivity index (χ0n) is 23.0. The molecule has 7 nitrogen and oxygen atoms in total. The van der Waals surface area contributed by atoms with Crippen LogP contribution in [0.2, 0.25) is 5.02 Å². The summed E-state index contributed by atoms with van der Waals surface area (Å²) < 4.78 is 60.5. The number of allylic oxidation sites excluding steroid dienone is 1. The molecule has 0 radical (unpaired) electrons. The van der Waals surface area contributed by atoms with Gasteiger partial charge in [-0.3, -0.25) is 4.79 Å². The number of carbonyl (C=O) groups is 2. The van der Waals surface area contributed by atoms with Gasteiger partial charge in [0.05, 0.1) is 5.69 Å². The number of carbonyl (C=O) groups excluding carboxylic acids is 2. The van der Waals surface area contributed by atoms with E-state index in [9.17, 15) is 26.8 Å². The molecule has 1 atom stereocenters. The van der Waals surface area contributed by atoms with E-state index in [2.05, 4.69) is 5.10 Å². The van der Waals surface area contributed by atoms with Gasteiger partial charge in [0, 0.05) is 24.2 Å². The highest BCUT2D eigenvalue weighted by Gasteiger charge is 2.35. The van der Waals surface area contributed by atoms with Crippen LogP contribution in [0.1, 0.15) is 79.0 Å². The molecule has 0 bridgehead atoms. The Morgan fingerprint density at radius 1 is 1.24 bits per heavy atom. The summed E-state index contributed by atoms with van der Waals surface area (Å²) in [5, 5.41) is 3.82. The topological polar surface area (TPSA) is 95.3 Å². The van der Waals surface area contributed by atoms with E-state index in [0.29, 0.717) is 12.1 Å². The second-order valence-electron chi connectivity index (χ2n) is 11.3. The molecule has 2 aliphatic rings. The van der Waals surface area contributed by atoms with E-state index in [0.717, 1.165) is 57.3 Å². The molecular formula is C30H29ClF2N2O5S. The molecule has 0 N–H and O–H groups in total. The molecule has 0 amide bonds. The molecule has 1 unspecified atom stereocenters. The first-order chi connectivity index (χ1) is 19.2. The summed E-state index contributed by atoms with van der Waals surface area (Å²) >= 11 is 5.80. The van der Waals surface area contributed by atoms with Crippen LogP contribution in [-0.4, -0.2) is 35.7 Å². The maximum absolute atomic E-state index is 14.7. The van der Waals surface area contributed by atoms with Gasteiger partial charge in [0.15, 0.2) is 10.8 Å². The molecule has 41 heavy (non-hydrogen) atoms. The van der Waals surface area contributed by atoms with E-state index < -0.39 is 49.9 Å². The van der Waals surface area contributed by atoms with Gasteiger partial charge in [-0.2, -0.15) is 9.78 Å². The van der Waals surface area contributed by atoms with Gasteiger partial charge in [-0.05, 0) is 85.6 Å². The monoisotopic (exact) mass is 602 g/mol. The number of ketones is 1. The van der Waals surface area contributed by atoms with Crippen LogP contribution in [0.4, 0.5) is 13.6 Å². The minimum absolute atomic E-state index is 0.0186. The summed E-state index contributed by atoms with van der Waals surface area (Å²) in [7, 11) is -4.10. The van der Waals surface area contributed by atoms with Crippen LogP contribution >= 0.6 is 11.6 Å². The number of aryl methyl sites for hydroxylation is 1. The number of hydrogen-bond donors (Lipinski definition) is 0. The molecule has 216 valence electrons. The number of nitrogens with zero attached hydrogens (tertiary/aromatic N) is 2. The lowest BCUT2D eigenvalue weighted by Crippen LogP contribution is -2.39. The number of fused-ring (bicyclic) bond motifs is 1. The Kier molecular flexibility index (Phi) is 7.44. The Morgan fingerprint density at radius 3 is 2.63 bits per heavy atom. The number of ether oxygens (including phenoxy) is 1. The largest absolute Gasteiger partial charge is 0.441 e. The first-order valence-electron chi connectivity index (χ1n) is 13.2. The third-order valence-corrected chi connectivity index (χ3v) is 9.18. The van der Waals surface area contributed by atoms with Crippen LogP contribution < -0.4 is 0 Å². The van der Waals surface area contributed by atoms with Crippen LogP contribution in [-0.2, 0) is 32.2 Å². The molecule has 5 rings (SSSR count). The zero-order valence-corrected chi connectivity index (χ0v) is 24.6. The van der Waals surface area contributed by atoms with Gasteiger partial charge in [0.1, 0.15) is 22.3 Å². The van der Waals surface area contributed by atoms with Gasteiger partial charge in [0.25, 0.3) is 0 Å². The van der Waals surface area contributed by atoms with E-state index in [1.165, 1.54) is 12.1 Å². The maximum Gasteiger partial charge on any atom is 0.435 e. The van der Waals surface area contributed by atoms with Crippen LogP contribution in [0.25, 0.3) is 0 Å². The Labute approximate surface area is 242 Å². The summed E-state index contributed by atoms with van der Waals surface area (Å²) in [6.45, 7) is 7.10. The summed E-state index contributed by atoms with van der Waals surface area (Å²) in [6.07, 6.45) is 2.42. The Balaban J connectivity index is 1.38. The maximum atomic E-state index is 14.7. The van der Waals surface area contributed by atoms with Crippen LogP contribution in [0.3, 0.4) is 0 Å². The predicted molar refractivity (Wildman–Crippen MR) is 149 cm³/mol. The Morgan fingerprint density at radius 2 is 1.95 bits per heavy atom. The molecule has 1 aliphatic carbocycles. The van der Waals surface area contributed by atoms with Gasteiger partial charge in [-0.25, -0.2) is 22.0 Å². The highest BCUT2D eigenvalue weighted by molar-refractivity contribution is 7.94. The average Bonchev–Trinajstić information content (AvgIpc) is 3.64. The van der Waals surface area contributed by atoms with Crippen molar-refractivity contribution >= 4 is 33.3 Å². The van der Waals surface area contributed by atoms with Crippen molar-refractivity contribution in [3.05, 3.63) is 92.0 Å². The zero-order chi connectivity index (χ0) is 29.9. The van der Waals surface area contributed by atoms with Crippen molar-refractivity contribution in [3.8, 4) is 0 Å². The molecule has 1 fully saturated rings. The lowest BCUT2D eigenvalue weighted by atomic mass is 9.86. The van der Waals surface area contributed by atoms with E-state index in [4.69, 9.17) is 16.3 Å². The molecule has 1 aliphatic heterocycles. The number of rotatable bonds is 8. The van der Waals surface area contributed by atoms with Crippen LogP contribution in [0, 0.1) is 18.6 Å². The number of hydrogen-bond acceptors (Lipinski definition) is 6. The smallest absolute Gasteiger partial charge is 0.435 e. The molecule has 3 aromatic rings. The fraction of sp³-hybridized carbons (Fsp3) is 0.367. The number of cyclic esters (lactones) is 1. The summed E-state index contributed by atoms with van der Waals surface area (Å²) in [5.74, 6) is -2.20. The van der Waals surface area contributed by atoms with Crippen molar-refractivity contribution in [1.29, 1.82) is 0 Å².